The largest absolute Gasteiger partial charge is 0.453 e. The molecule has 0 bridgehead atoms. The van der Waals surface area contributed by atoms with Crippen LogP contribution in [0.2, 0.25) is 0 Å². The van der Waals surface area contributed by atoms with Gasteiger partial charge in [0.2, 0.25) is 0 Å². The van der Waals surface area contributed by atoms with Gasteiger partial charge in [0, 0.05) is 6.54 Å². The second kappa shape index (κ2) is 5.86. The van der Waals surface area contributed by atoms with E-state index in [1.165, 1.54) is 0 Å². The van der Waals surface area contributed by atoms with Crippen molar-refractivity contribution in [3.8, 4) is 11.8 Å². The third kappa shape index (κ3) is 3.18. The van der Waals surface area contributed by atoms with Gasteiger partial charge in [-0.05, 0) is 35.0 Å². The first-order valence-electron chi connectivity index (χ1n) is 4.36. The van der Waals surface area contributed by atoms with Crippen LogP contribution in [0.1, 0.15) is 18.7 Å². The summed E-state index contributed by atoms with van der Waals surface area (Å²) in [4.78, 5) is 0. The van der Waals surface area contributed by atoms with E-state index in [0.717, 1.165) is 5.76 Å². The van der Waals surface area contributed by atoms with Crippen LogP contribution in [-0.2, 0) is 0 Å². The molecule has 1 aromatic rings. The van der Waals surface area contributed by atoms with Crippen molar-refractivity contribution in [1.29, 1.82) is 0 Å². The summed E-state index contributed by atoms with van der Waals surface area (Å²) in [5.74, 6) is 6.56. The number of nitrogens with one attached hydrogen (secondary N) is 1. The lowest BCUT2D eigenvalue weighted by atomic mass is 10.2. The summed E-state index contributed by atoms with van der Waals surface area (Å²) < 4.78 is 6.11. The average molecular weight is 257 g/mol. The van der Waals surface area contributed by atoms with Crippen molar-refractivity contribution in [2.24, 2.45) is 5.73 Å². The number of nitrogens with two attached hydrogens (primary N) is 1. The zero-order chi connectivity index (χ0) is 10.4. The normalized spacial score (nSPS) is 11.9. The van der Waals surface area contributed by atoms with Gasteiger partial charge in [0.05, 0.1) is 12.6 Å². The Labute approximate surface area is 92.2 Å². The lowest BCUT2D eigenvalue weighted by molar-refractivity contribution is 0.416. The first-order valence-corrected chi connectivity index (χ1v) is 5.15. The molecule has 3 N–H and O–H groups in total. The Morgan fingerprint density at radius 2 is 2.43 bits per heavy atom. The molecule has 14 heavy (non-hydrogen) atoms. The summed E-state index contributed by atoms with van der Waals surface area (Å²) in [5.41, 5.74) is 5.61. The Balaban J connectivity index is 2.56. The predicted octanol–water partition coefficient (Wildman–Crippen LogP) is 1.65. The number of rotatable bonds is 4. The van der Waals surface area contributed by atoms with Crippen molar-refractivity contribution in [3.63, 3.8) is 0 Å². The molecule has 1 aromatic heterocycles. The molecule has 1 heterocycles. The van der Waals surface area contributed by atoms with E-state index in [1.807, 2.05) is 19.1 Å². The Bertz CT molecular complexity index is 337. The van der Waals surface area contributed by atoms with Gasteiger partial charge in [-0.3, -0.25) is 5.32 Å². The van der Waals surface area contributed by atoms with Crippen molar-refractivity contribution < 1.29 is 4.42 Å². The second-order valence-corrected chi connectivity index (χ2v) is 3.52. The summed E-state index contributed by atoms with van der Waals surface area (Å²) in [7, 11) is 0. The summed E-state index contributed by atoms with van der Waals surface area (Å²) >= 11 is 3.25. The maximum atomic E-state index is 5.61. The highest BCUT2D eigenvalue weighted by Gasteiger charge is 2.11. The van der Waals surface area contributed by atoms with E-state index >= 15 is 0 Å². The molecule has 0 saturated carbocycles. The summed E-state index contributed by atoms with van der Waals surface area (Å²) in [6, 6.07) is 3.78. The van der Waals surface area contributed by atoms with Gasteiger partial charge in [-0.1, -0.05) is 5.92 Å². The van der Waals surface area contributed by atoms with Crippen LogP contribution in [0.5, 0.6) is 0 Å². The van der Waals surface area contributed by atoms with Gasteiger partial charge in [-0.2, -0.15) is 0 Å². The Morgan fingerprint density at radius 1 is 1.64 bits per heavy atom. The van der Waals surface area contributed by atoms with Gasteiger partial charge in [-0.25, -0.2) is 0 Å². The zero-order valence-corrected chi connectivity index (χ0v) is 9.60. The molecule has 76 valence electrons. The summed E-state index contributed by atoms with van der Waals surface area (Å²) in [5, 5.41) is 3.19. The van der Waals surface area contributed by atoms with Crippen molar-refractivity contribution in [3.05, 3.63) is 22.6 Å². The quantitative estimate of drug-likeness (QED) is 0.806. The fraction of sp³-hybridized carbons (Fsp3) is 0.400. The number of hydrogen-bond acceptors (Lipinski definition) is 3. The fourth-order valence-electron chi connectivity index (χ4n) is 1.08. The van der Waals surface area contributed by atoms with Gasteiger partial charge in [0.1, 0.15) is 5.76 Å². The molecule has 0 amide bonds. The van der Waals surface area contributed by atoms with E-state index in [2.05, 4.69) is 33.1 Å². The zero-order valence-electron chi connectivity index (χ0n) is 8.01. The predicted molar refractivity (Wildman–Crippen MR) is 59.7 cm³/mol. The summed E-state index contributed by atoms with van der Waals surface area (Å²) in [6.45, 7) is 2.92. The van der Waals surface area contributed by atoms with Crippen LogP contribution < -0.4 is 11.1 Å². The van der Waals surface area contributed by atoms with Gasteiger partial charge in [0.15, 0.2) is 4.67 Å². The highest BCUT2D eigenvalue weighted by atomic mass is 79.9. The first kappa shape index (κ1) is 11.3. The van der Waals surface area contributed by atoms with Crippen molar-refractivity contribution in [1.82, 2.24) is 5.32 Å². The van der Waals surface area contributed by atoms with E-state index in [-0.39, 0.29) is 6.04 Å². The lowest BCUT2D eigenvalue weighted by Gasteiger charge is -2.11. The third-order valence-corrected chi connectivity index (χ3v) is 2.21. The fourth-order valence-corrected chi connectivity index (χ4v) is 1.40. The molecule has 1 unspecified atom stereocenters. The van der Waals surface area contributed by atoms with Crippen LogP contribution in [0.4, 0.5) is 0 Å². The molecule has 4 heteroatoms. The molecule has 1 atom stereocenters. The van der Waals surface area contributed by atoms with Gasteiger partial charge >= 0.3 is 0 Å². The van der Waals surface area contributed by atoms with E-state index < -0.39 is 0 Å². The van der Waals surface area contributed by atoms with Gasteiger partial charge < -0.3 is 10.2 Å². The van der Waals surface area contributed by atoms with Crippen LogP contribution in [0.25, 0.3) is 0 Å². The van der Waals surface area contributed by atoms with Gasteiger partial charge in [0.25, 0.3) is 0 Å². The number of furan rings is 1. The van der Waals surface area contributed by atoms with E-state index in [4.69, 9.17) is 10.2 Å². The summed E-state index contributed by atoms with van der Waals surface area (Å²) in [6.07, 6.45) is 0. The molecular weight excluding hydrogens is 244 g/mol. The second-order valence-electron chi connectivity index (χ2n) is 2.74. The molecule has 0 aliphatic heterocycles. The highest BCUT2D eigenvalue weighted by molar-refractivity contribution is 9.10. The first-order chi connectivity index (χ1) is 6.77. The molecule has 0 aliphatic rings. The Hall–Kier alpha value is -0.760. The minimum Gasteiger partial charge on any atom is -0.453 e. The molecule has 1 rings (SSSR count). The number of hydrogen-bond donors (Lipinski definition) is 2. The average Bonchev–Trinajstić information content (AvgIpc) is 2.60. The molecule has 0 fully saturated rings. The van der Waals surface area contributed by atoms with E-state index in [9.17, 15) is 0 Å². The maximum Gasteiger partial charge on any atom is 0.169 e. The molecule has 0 saturated heterocycles. The van der Waals surface area contributed by atoms with Crippen LogP contribution >= 0.6 is 15.9 Å². The van der Waals surface area contributed by atoms with Crippen LogP contribution in [-0.4, -0.2) is 13.1 Å². The highest BCUT2D eigenvalue weighted by Crippen LogP contribution is 2.19. The molecule has 0 aromatic carbocycles. The Morgan fingerprint density at radius 3 is 2.93 bits per heavy atom. The van der Waals surface area contributed by atoms with Gasteiger partial charge in [-0.15, -0.1) is 5.92 Å². The number of halogens is 1. The van der Waals surface area contributed by atoms with Crippen LogP contribution in [0.15, 0.2) is 21.2 Å². The van der Waals surface area contributed by atoms with Crippen molar-refractivity contribution in [2.45, 2.75) is 13.0 Å². The third-order valence-electron chi connectivity index (χ3n) is 1.79. The molecule has 3 nitrogen and oxygen atoms in total. The van der Waals surface area contributed by atoms with Crippen LogP contribution in [0, 0.1) is 11.8 Å². The van der Waals surface area contributed by atoms with E-state index in [0.29, 0.717) is 17.8 Å². The molecular formula is C10H13BrN2O. The molecule has 0 aliphatic carbocycles. The maximum absolute atomic E-state index is 5.61. The van der Waals surface area contributed by atoms with Crippen LogP contribution in [0.3, 0.4) is 0 Å². The van der Waals surface area contributed by atoms with E-state index in [1.54, 1.807) is 0 Å². The van der Waals surface area contributed by atoms with Crippen molar-refractivity contribution in [2.75, 3.05) is 13.1 Å². The molecule has 0 spiro atoms. The minimum absolute atomic E-state index is 0.0298. The lowest BCUT2D eigenvalue weighted by Crippen LogP contribution is -2.28. The molecule has 0 radical (unpaired) electrons. The SMILES string of the molecule is CC#CCNC(CN)c1ccc(Br)o1. The Kier molecular flexibility index (Phi) is 4.74. The smallest absolute Gasteiger partial charge is 0.169 e. The monoisotopic (exact) mass is 256 g/mol. The standard InChI is InChI=1S/C10H13BrN2O/c1-2-3-6-13-8(7-12)9-4-5-10(11)14-9/h4-5,8,13H,6-7,12H2,1H3. The minimum atomic E-state index is 0.0298. The topological polar surface area (TPSA) is 51.2 Å². The van der Waals surface area contributed by atoms with Crippen molar-refractivity contribution >= 4 is 15.9 Å².